The highest BCUT2D eigenvalue weighted by Crippen LogP contribution is 2.25. The van der Waals surface area contributed by atoms with Crippen molar-refractivity contribution in [3.8, 4) is 0 Å². The Kier molecular flexibility index (Phi) is 7.66. The molecule has 12 heteroatoms. The molecule has 0 radical (unpaired) electrons. The van der Waals surface area contributed by atoms with Gasteiger partial charge in [-0.3, -0.25) is 19.2 Å². The third-order valence-corrected chi connectivity index (χ3v) is 4.62. The summed E-state index contributed by atoms with van der Waals surface area (Å²) < 4.78 is 9.73. The molecule has 170 valence electrons. The van der Waals surface area contributed by atoms with Crippen LogP contribution in [0.2, 0.25) is 0 Å². The van der Waals surface area contributed by atoms with Gasteiger partial charge in [0.1, 0.15) is 13.2 Å². The van der Waals surface area contributed by atoms with Crippen molar-refractivity contribution in [1.29, 1.82) is 0 Å². The Labute approximate surface area is 179 Å². The first-order valence-corrected chi connectivity index (χ1v) is 9.08. The van der Waals surface area contributed by atoms with E-state index in [1.165, 1.54) is 0 Å². The molecule has 0 spiro atoms. The van der Waals surface area contributed by atoms with Gasteiger partial charge >= 0.3 is 35.8 Å². The van der Waals surface area contributed by atoms with Gasteiger partial charge in [-0.05, 0) is 0 Å². The molecular formula is C20H18O12. The zero-order valence-electron chi connectivity index (χ0n) is 16.2. The highest BCUT2D eigenvalue weighted by molar-refractivity contribution is 5.96. The molecule has 4 atom stereocenters. The van der Waals surface area contributed by atoms with Crippen molar-refractivity contribution in [3.63, 3.8) is 0 Å². The molecule has 4 unspecified atom stereocenters. The number of carbonyl (C=O) groups is 6. The third-order valence-electron chi connectivity index (χ3n) is 4.62. The summed E-state index contributed by atoms with van der Waals surface area (Å²) in [7, 11) is 0. The van der Waals surface area contributed by atoms with Gasteiger partial charge in [-0.25, -0.2) is 9.59 Å². The van der Waals surface area contributed by atoms with Crippen molar-refractivity contribution in [2.24, 2.45) is 23.7 Å². The number of esters is 2. The number of ether oxygens (including phenoxy) is 2. The summed E-state index contributed by atoms with van der Waals surface area (Å²) in [4.78, 5) is 68.7. The van der Waals surface area contributed by atoms with E-state index in [0.29, 0.717) is 0 Å². The van der Waals surface area contributed by atoms with Crippen LogP contribution in [0.15, 0.2) is 47.6 Å². The van der Waals surface area contributed by atoms with E-state index in [-0.39, 0.29) is 11.1 Å². The van der Waals surface area contributed by atoms with Gasteiger partial charge < -0.3 is 29.9 Å². The van der Waals surface area contributed by atoms with E-state index in [9.17, 15) is 28.8 Å². The summed E-state index contributed by atoms with van der Waals surface area (Å²) in [5.74, 6) is -13.1. The van der Waals surface area contributed by atoms with Crippen molar-refractivity contribution in [1.82, 2.24) is 0 Å². The second-order valence-electron chi connectivity index (χ2n) is 6.69. The Hall–Kier alpha value is -4.22. The van der Waals surface area contributed by atoms with Gasteiger partial charge in [0.25, 0.3) is 0 Å². The summed E-state index contributed by atoms with van der Waals surface area (Å²) in [5.41, 5.74) is -0.355. The first-order valence-electron chi connectivity index (χ1n) is 9.08. The second-order valence-corrected chi connectivity index (χ2v) is 6.69. The quantitative estimate of drug-likeness (QED) is 0.268. The summed E-state index contributed by atoms with van der Waals surface area (Å²) in [5, 5.41) is 36.3. The van der Waals surface area contributed by atoms with Crippen LogP contribution in [0.1, 0.15) is 0 Å². The fourth-order valence-electron chi connectivity index (χ4n) is 2.99. The predicted octanol–water partition coefficient (Wildman–Crippen LogP) is -0.132. The molecular weight excluding hydrogens is 432 g/mol. The molecule has 4 N–H and O–H groups in total. The Bertz CT molecular complexity index is 889. The van der Waals surface area contributed by atoms with Gasteiger partial charge in [-0.15, -0.1) is 0 Å². The lowest BCUT2D eigenvalue weighted by molar-refractivity contribution is -0.150. The zero-order valence-corrected chi connectivity index (χ0v) is 16.2. The van der Waals surface area contributed by atoms with Crippen molar-refractivity contribution < 1.29 is 58.7 Å². The fraction of sp³-hybridized carbons (Fsp3) is 0.300. The average molecular weight is 450 g/mol. The van der Waals surface area contributed by atoms with Gasteiger partial charge in [0.05, 0.1) is 34.8 Å². The predicted molar refractivity (Wildman–Crippen MR) is 101 cm³/mol. The fourth-order valence-corrected chi connectivity index (χ4v) is 2.99. The molecule has 0 amide bonds. The summed E-state index contributed by atoms with van der Waals surface area (Å²) in [6.45, 7) is -0.847. The van der Waals surface area contributed by atoms with Crippen molar-refractivity contribution >= 4 is 35.8 Å². The number of rotatable bonds is 9. The normalized spacial score (nSPS) is 24.0. The lowest BCUT2D eigenvalue weighted by Crippen LogP contribution is -2.30. The number of carboxylic acid groups (broad SMARTS) is 4. The van der Waals surface area contributed by atoms with E-state index >= 15 is 0 Å². The third kappa shape index (κ3) is 5.68. The molecule has 2 aliphatic rings. The molecule has 0 aromatic carbocycles. The Morgan fingerprint density at radius 2 is 0.906 bits per heavy atom. The molecule has 0 heterocycles. The van der Waals surface area contributed by atoms with Crippen LogP contribution in [0.4, 0.5) is 0 Å². The van der Waals surface area contributed by atoms with Crippen LogP contribution in [-0.4, -0.2) is 69.5 Å². The molecule has 2 rings (SSSR count). The molecule has 0 aromatic heterocycles. The minimum atomic E-state index is -1.46. The largest absolute Gasteiger partial charge is 0.481 e. The monoisotopic (exact) mass is 450 g/mol. The van der Waals surface area contributed by atoms with Crippen molar-refractivity contribution in [2.75, 3.05) is 13.2 Å². The highest BCUT2D eigenvalue weighted by Gasteiger charge is 2.35. The minimum Gasteiger partial charge on any atom is -0.481 e. The second kappa shape index (κ2) is 10.2. The van der Waals surface area contributed by atoms with E-state index in [2.05, 4.69) is 0 Å². The number of hydrogen-bond donors (Lipinski definition) is 4. The average Bonchev–Trinajstić information content (AvgIpc) is 2.75. The smallest absolute Gasteiger partial charge is 0.337 e. The van der Waals surface area contributed by atoms with E-state index < -0.39 is 72.7 Å². The number of hydrogen-bond acceptors (Lipinski definition) is 8. The number of carboxylic acids is 4. The summed E-state index contributed by atoms with van der Waals surface area (Å²) in [6, 6.07) is 0. The topological polar surface area (TPSA) is 202 Å². The first kappa shape index (κ1) is 24.1. The molecule has 0 aliphatic heterocycles. The van der Waals surface area contributed by atoms with Crippen LogP contribution in [0.25, 0.3) is 0 Å². The van der Waals surface area contributed by atoms with Crippen LogP contribution in [-0.2, 0) is 38.2 Å². The lowest BCUT2D eigenvalue weighted by atomic mass is 9.86. The van der Waals surface area contributed by atoms with Crippen molar-refractivity contribution in [2.45, 2.75) is 0 Å². The van der Waals surface area contributed by atoms with Crippen LogP contribution in [0, 0.1) is 23.7 Å². The highest BCUT2D eigenvalue weighted by atomic mass is 16.6. The molecule has 2 aliphatic carbocycles. The van der Waals surface area contributed by atoms with E-state index in [4.69, 9.17) is 29.9 Å². The van der Waals surface area contributed by atoms with Crippen LogP contribution >= 0.6 is 0 Å². The maximum absolute atomic E-state index is 12.0. The van der Waals surface area contributed by atoms with E-state index in [1.54, 1.807) is 0 Å². The molecule has 0 bridgehead atoms. The summed E-state index contributed by atoms with van der Waals surface area (Å²) in [6.07, 6.45) is 6.27. The lowest BCUT2D eigenvalue weighted by Gasteiger charge is -2.19. The molecule has 0 saturated heterocycles. The summed E-state index contributed by atoms with van der Waals surface area (Å²) >= 11 is 0. The molecule has 0 fully saturated rings. The minimum absolute atomic E-state index is 0.178. The maximum atomic E-state index is 12.0. The molecule has 0 aromatic rings. The van der Waals surface area contributed by atoms with Crippen LogP contribution in [0.5, 0.6) is 0 Å². The van der Waals surface area contributed by atoms with Crippen molar-refractivity contribution in [3.05, 3.63) is 47.6 Å². The zero-order chi connectivity index (χ0) is 24.0. The maximum Gasteiger partial charge on any atom is 0.337 e. The van der Waals surface area contributed by atoms with Crippen LogP contribution < -0.4 is 0 Å². The van der Waals surface area contributed by atoms with Gasteiger partial charge in [0.15, 0.2) is 0 Å². The molecule has 0 saturated carbocycles. The standard InChI is InChI=1S/C20H18O12/c21-15(22)11-3-1-9(7-13(11)17(25)26)19(29)31-5-6-32-20(30)10-2-4-12(16(23)24)14(8-10)18(27)28/h1-4,7-8,11-14H,5-6H2,(H,21,22)(H,23,24)(H,25,26)(H,27,28). The van der Waals surface area contributed by atoms with Gasteiger partial charge in [0, 0.05) is 0 Å². The number of aliphatic carboxylic acids is 4. The Morgan fingerprint density at radius 3 is 1.19 bits per heavy atom. The van der Waals surface area contributed by atoms with Gasteiger partial charge in [0.2, 0.25) is 0 Å². The van der Waals surface area contributed by atoms with Crippen LogP contribution in [0.3, 0.4) is 0 Å². The molecule has 12 nitrogen and oxygen atoms in total. The molecule has 32 heavy (non-hydrogen) atoms. The van der Waals surface area contributed by atoms with E-state index in [1.807, 2.05) is 0 Å². The Morgan fingerprint density at radius 1 is 0.594 bits per heavy atom. The van der Waals surface area contributed by atoms with Gasteiger partial charge in [-0.2, -0.15) is 0 Å². The SMILES string of the molecule is O=C(OCCOC(=O)C1=CC(C(=O)O)C(C(=O)O)C=C1)C1=CC(C(=O)O)C(C(=O)O)C=C1. The van der Waals surface area contributed by atoms with Gasteiger partial charge in [-0.1, -0.05) is 36.5 Å². The number of carbonyl (C=O) groups excluding carboxylic acids is 2. The Balaban J connectivity index is 1.89. The van der Waals surface area contributed by atoms with E-state index in [0.717, 1.165) is 36.5 Å². The first-order chi connectivity index (χ1) is 15.0.